The van der Waals surface area contributed by atoms with E-state index in [9.17, 15) is 4.21 Å². The molecule has 0 N–H and O–H groups in total. The van der Waals surface area contributed by atoms with E-state index in [1.54, 1.807) is 4.68 Å². The molecule has 4 aromatic rings. The van der Waals surface area contributed by atoms with Gasteiger partial charge in [0.25, 0.3) is 0 Å². The summed E-state index contributed by atoms with van der Waals surface area (Å²) in [6, 6.07) is 6.19. The zero-order chi connectivity index (χ0) is 19.5. The van der Waals surface area contributed by atoms with Crippen LogP contribution in [0.1, 0.15) is 34.9 Å². The highest BCUT2D eigenvalue weighted by Crippen LogP contribution is 2.31. The summed E-state index contributed by atoms with van der Waals surface area (Å²) in [5.74, 6) is 1.19. The predicted octanol–water partition coefficient (Wildman–Crippen LogP) is 4.34. The summed E-state index contributed by atoms with van der Waals surface area (Å²) in [6.45, 7) is 12.4. The van der Waals surface area contributed by atoms with Crippen molar-refractivity contribution in [2.75, 3.05) is 5.75 Å². The summed E-state index contributed by atoms with van der Waals surface area (Å²) in [6.07, 6.45) is 1.97. The van der Waals surface area contributed by atoms with Gasteiger partial charge in [-0.1, -0.05) is 19.1 Å². The van der Waals surface area contributed by atoms with Crippen LogP contribution in [0.2, 0.25) is 0 Å². The molecule has 1 unspecified atom stereocenters. The van der Waals surface area contributed by atoms with Gasteiger partial charge in [-0.15, -0.1) is 5.10 Å². The molecule has 1 atom stereocenters. The molecule has 140 valence electrons. The van der Waals surface area contributed by atoms with Crippen molar-refractivity contribution < 1.29 is 4.21 Å². The van der Waals surface area contributed by atoms with Crippen LogP contribution in [0.15, 0.2) is 29.3 Å². The van der Waals surface area contributed by atoms with Gasteiger partial charge in [0.2, 0.25) is 0 Å². The number of nitrogens with zero attached hydrogens (tertiary/aromatic N) is 4. The minimum Gasteiger partial charge on any atom is -0.254 e. The number of aromatic nitrogens is 4. The van der Waals surface area contributed by atoms with Gasteiger partial charge >= 0.3 is 0 Å². The lowest BCUT2D eigenvalue weighted by atomic mass is 10.0. The van der Waals surface area contributed by atoms with Gasteiger partial charge in [0.1, 0.15) is 4.90 Å². The van der Waals surface area contributed by atoms with Crippen molar-refractivity contribution in [2.45, 2.75) is 46.4 Å². The van der Waals surface area contributed by atoms with Crippen LogP contribution in [0.5, 0.6) is 0 Å². The van der Waals surface area contributed by atoms with Gasteiger partial charge in [-0.05, 0) is 62.9 Å². The second kappa shape index (κ2) is 6.30. The first-order valence-electron chi connectivity index (χ1n) is 9.17. The van der Waals surface area contributed by atoms with Crippen molar-refractivity contribution in [2.24, 2.45) is 0 Å². The van der Waals surface area contributed by atoms with E-state index in [1.807, 2.05) is 17.6 Å². The first-order valence-corrected chi connectivity index (χ1v) is 10.5. The summed E-state index contributed by atoms with van der Waals surface area (Å²) in [5.41, 5.74) is 7.66. The van der Waals surface area contributed by atoms with Gasteiger partial charge in [-0.25, -0.2) is 9.20 Å². The smallest absolute Gasteiger partial charge is 0.192 e. The number of hydrogen-bond acceptors (Lipinski definition) is 3. The standard InChI is InChI=1S/C21H24N4OS/c1-7-27(26)20-19-15(5)13(3)14(4)16(6)25(19)23-21(20)24-11-17-9-8-12(2)10-18(17)22-24/h8-11H,7H2,1-6H3. The summed E-state index contributed by atoms with van der Waals surface area (Å²) in [5, 5.41) is 10.6. The van der Waals surface area contributed by atoms with E-state index in [0.717, 1.165) is 38.1 Å². The monoisotopic (exact) mass is 380 g/mol. The SMILES string of the molecule is CCS(=O)c1c(-n2cc3ccc(C)cc3n2)nn2c(C)c(C)c(C)c(C)c12. The third-order valence-electron chi connectivity index (χ3n) is 5.53. The highest BCUT2D eigenvalue weighted by Gasteiger charge is 2.24. The molecule has 0 bridgehead atoms. The van der Waals surface area contributed by atoms with E-state index in [2.05, 4.69) is 52.8 Å². The number of fused-ring (bicyclic) bond motifs is 2. The molecule has 5 nitrogen and oxygen atoms in total. The summed E-state index contributed by atoms with van der Waals surface area (Å²) in [7, 11) is -1.15. The maximum absolute atomic E-state index is 13.0. The summed E-state index contributed by atoms with van der Waals surface area (Å²) >= 11 is 0. The third kappa shape index (κ3) is 2.62. The van der Waals surface area contributed by atoms with Crippen molar-refractivity contribution in [3.05, 3.63) is 52.3 Å². The third-order valence-corrected chi connectivity index (χ3v) is 6.89. The van der Waals surface area contributed by atoms with Crippen LogP contribution in [0, 0.1) is 34.6 Å². The molecule has 3 aromatic heterocycles. The normalized spacial score (nSPS) is 13.0. The Morgan fingerprint density at radius 1 is 1.00 bits per heavy atom. The fraction of sp³-hybridized carbons (Fsp3) is 0.333. The molecular formula is C21H24N4OS. The Morgan fingerprint density at radius 3 is 2.44 bits per heavy atom. The van der Waals surface area contributed by atoms with Gasteiger partial charge in [-0.2, -0.15) is 5.10 Å². The molecule has 0 radical (unpaired) electrons. The second-order valence-corrected chi connectivity index (χ2v) is 8.82. The Kier molecular flexibility index (Phi) is 4.18. The van der Waals surface area contributed by atoms with Crippen LogP contribution in [-0.2, 0) is 10.8 Å². The lowest BCUT2D eigenvalue weighted by molar-refractivity contribution is 0.683. The maximum Gasteiger partial charge on any atom is 0.192 e. The van der Waals surface area contributed by atoms with Crippen molar-refractivity contribution >= 4 is 27.2 Å². The first-order chi connectivity index (χ1) is 12.8. The molecular weight excluding hydrogens is 356 g/mol. The zero-order valence-electron chi connectivity index (χ0n) is 16.6. The van der Waals surface area contributed by atoms with E-state index < -0.39 is 10.8 Å². The molecule has 4 rings (SSSR count). The maximum atomic E-state index is 13.0. The van der Waals surface area contributed by atoms with Crippen LogP contribution >= 0.6 is 0 Å². The molecule has 0 spiro atoms. The van der Waals surface area contributed by atoms with E-state index >= 15 is 0 Å². The molecule has 0 aliphatic carbocycles. The average Bonchev–Trinajstić information content (AvgIpc) is 3.25. The number of benzene rings is 1. The molecule has 6 heteroatoms. The minimum absolute atomic E-state index is 0.541. The molecule has 0 amide bonds. The van der Waals surface area contributed by atoms with E-state index in [-0.39, 0.29) is 0 Å². The molecule has 0 saturated carbocycles. The lowest BCUT2D eigenvalue weighted by Gasteiger charge is -2.12. The Hall–Kier alpha value is -2.47. The summed E-state index contributed by atoms with van der Waals surface area (Å²) < 4.78 is 16.7. The number of hydrogen-bond donors (Lipinski definition) is 0. The first kappa shape index (κ1) is 17.9. The van der Waals surface area contributed by atoms with Crippen molar-refractivity contribution in [3.8, 4) is 5.82 Å². The van der Waals surface area contributed by atoms with Gasteiger partial charge < -0.3 is 0 Å². The van der Waals surface area contributed by atoms with Gasteiger partial charge in [-0.3, -0.25) is 4.21 Å². The molecule has 3 heterocycles. The van der Waals surface area contributed by atoms with Crippen molar-refractivity contribution in [1.29, 1.82) is 0 Å². The molecule has 0 aliphatic rings. The molecule has 1 aromatic carbocycles. The lowest BCUT2D eigenvalue weighted by Crippen LogP contribution is -2.04. The molecule has 0 saturated heterocycles. The molecule has 0 aliphatic heterocycles. The summed E-state index contributed by atoms with van der Waals surface area (Å²) in [4.78, 5) is 0.769. The zero-order valence-corrected chi connectivity index (χ0v) is 17.4. The minimum atomic E-state index is -1.15. The highest BCUT2D eigenvalue weighted by atomic mass is 32.2. The van der Waals surface area contributed by atoms with E-state index in [4.69, 9.17) is 10.2 Å². The van der Waals surface area contributed by atoms with Crippen molar-refractivity contribution in [1.82, 2.24) is 19.4 Å². The average molecular weight is 381 g/mol. The van der Waals surface area contributed by atoms with Crippen LogP contribution in [0.4, 0.5) is 0 Å². The largest absolute Gasteiger partial charge is 0.254 e. The van der Waals surface area contributed by atoms with E-state index in [1.165, 1.54) is 11.1 Å². The fourth-order valence-electron chi connectivity index (χ4n) is 3.59. The quantitative estimate of drug-likeness (QED) is 0.531. The van der Waals surface area contributed by atoms with Crippen LogP contribution in [0.25, 0.3) is 22.2 Å². The Morgan fingerprint density at radius 2 is 1.74 bits per heavy atom. The fourth-order valence-corrected chi connectivity index (χ4v) is 4.67. The number of pyridine rings is 1. The topological polar surface area (TPSA) is 52.2 Å². The number of rotatable bonds is 3. The van der Waals surface area contributed by atoms with Crippen LogP contribution in [0.3, 0.4) is 0 Å². The molecule has 27 heavy (non-hydrogen) atoms. The van der Waals surface area contributed by atoms with E-state index in [0.29, 0.717) is 11.6 Å². The predicted molar refractivity (Wildman–Crippen MR) is 110 cm³/mol. The molecule has 0 fully saturated rings. The van der Waals surface area contributed by atoms with Gasteiger partial charge in [0.15, 0.2) is 5.82 Å². The van der Waals surface area contributed by atoms with Gasteiger partial charge in [0, 0.05) is 23.0 Å². The van der Waals surface area contributed by atoms with Crippen LogP contribution in [-0.4, -0.2) is 29.4 Å². The Balaban J connectivity index is 2.11. The highest BCUT2D eigenvalue weighted by molar-refractivity contribution is 7.85. The van der Waals surface area contributed by atoms with Crippen LogP contribution < -0.4 is 0 Å². The van der Waals surface area contributed by atoms with Gasteiger partial charge in [0.05, 0.1) is 21.8 Å². The van der Waals surface area contributed by atoms with Crippen molar-refractivity contribution in [3.63, 3.8) is 0 Å². The Labute approximate surface area is 161 Å². The second-order valence-electron chi connectivity index (χ2n) is 7.14. The number of aryl methyl sites for hydroxylation is 3. The Bertz CT molecular complexity index is 1230.